The van der Waals surface area contributed by atoms with Crippen LogP contribution in [0.3, 0.4) is 0 Å². The number of nitrogens with one attached hydrogen (secondary N) is 1. The minimum atomic E-state index is 0.249. The Kier molecular flexibility index (Phi) is 2.99. The van der Waals surface area contributed by atoms with Crippen molar-refractivity contribution in [1.29, 1.82) is 0 Å². The third-order valence-corrected chi connectivity index (χ3v) is 2.28. The van der Waals surface area contributed by atoms with Gasteiger partial charge in [0.2, 0.25) is 5.90 Å². The van der Waals surface area contributed by atoms with Crippen LogP contribution in [0.4, 0.5) is 0 Å². The molecule has 0 radical (unpaired) electrons. The highest BCUT2D eigenvalue weighted by Crippen LogP contribution is 2.12. The van der Waals surface area contributed by atoms with Gasteiger partial charge >= 0.3 is 0 Å². The summed E-state index contributed by atoms with van der Waals surface area (Å²) in [5.41, 5.74) is 4.13. The number of aliphatic imine (C=N–C) groups is 1. The highest BCUT2D eigenvalue weighted by atomic mass is 16.5. The van der Waals surface area contributed by atoms with Crippen LogP contribution >= 0.6 is 0 Å². The van der Waals surface area contributed by atoms with Crippen molar-refractivity contribution in [3.8, 4) is 0 Å². The molecule has 4 heteroatoms. The van der Waals surface area contributed by atoms with Crippen molar-refractivity contribution in [2.45, 2.75) is 19.5 Å². The van der Waals surface area contributed by atoms with Gasteiger partial charge in [-0.15, -0.1) is 0 Å². The van der Waals surface area contributed by atoms with Crippen LogP contribution in [0.25, 0.3) is 0 Å². The summed E-state index contributed by atoms with van der Waals surface area (Å²) in [6.07, 6.45) is 0. The lowest BCUT2D eigenvalue weighted by atomic mass is 10.1. The second-order valence-electron chi connectivity index (χ2n) is 3.63. The van der Waals surface area contributed by atoms with Crippen LogP contribution in [-0.4, -0.2) is 23.8 Å². The van der Waals surface area contributed by atoms with E-state index >= 15 is 0 Å². The average molecular weight is 206 g/mol. The number of ether oxygens (including phenoxy) is 1. The Balaban J connectivity index is 2.13. The molecule has 1 unspecified atom stereocenters. The van der Waals surface area contributed by atoms with E-state index in [2.05, 4.69) is 10.5 Å². The minimum absolute atomic E-state index is 0.249. The first kappa shape index (κ1) is 10.1. The van der Waals surface area contributed by atoms with Crippen molar-refractivity contribution in [3.63, 3.8) is 0 Å². The van der Waals surface area contributed by atoms with Crippen LogP contribution in [0.15, 0.2) is 29.3 Å². The predicted molar refractivity (Wildman–Crippen MR) is 57.0 cm³/mol. The zero-order valence-electron chi connectivity index (χ0n) is 8.60. The zero-order valence-corrected chi connectivity index (χ0v) is 8.60. The van der Waals surface area contributed by atoms with Gasteiger partial charge < -0.3 is 9.94 Å². The van der Waals surface area contributed by atoms with Gasteiger partial charge in [-0.2, -0.15) is 0 Å². The summed E-state index contributed by atoms with van der Waals surface area (Å²) in [5, 5.41) is 8.54. The maximum Gasteiger partial charge on any atom is 0.216 e. The summed E-state index contributed by atoms with van der Waals surface area (Å²) in [7, 11) is 0. The minimum Gasteiger partial charge on any atom is -0.475 e. The number of rotatable bonds is 3. The first-order valence-corrected chi connectivity index (χ1v) is 4.96. The molecule has 0 saturated carbocycles. The fourth-order valence-corrected chi connectivity index (χ4v) is 1.49. The topological polar surface area (TPSA) is 53.8 Å². The van der Waals surface area contributed by atoms with E-state index in [0.717, 1.165) is 11.1 Å². The molecule has 0 amide bonds. The third kappa shape index (κ3) is 2.34. The Bertz CT molecular complexity index is 359. The quantitative estimate of drug-likeness (QED) is 0.733. The van der Waals surface area contributed by atoms with Crippen molar-refractivity contribution in [2.75, 3.05) is 6.61 Å². The van der Waals surface area contributed by atoms with Gasteiger partial charge in [0.05, 0.1) is 6.04 Å². The van der Waals surface area contributed by atoms with Gasteiger partial charge in [0.25, 0.3) is 0 Å². The van der Waals surface area contributed by atoms with Gasteiger partial charge in [0, 0.05) is 12.1 Å². The Morgan fingerprint density at radius 2 is 2.20 bits per heavy atom. The molecule has 1 atom stereocenters. The molecule has 0 saturated heterocycles. The van der Waals surface area contributed by atoms with Gasteiger partial charge in [0.1, 0.15) is 6.61 Å². The molecule has 2 rings (SSSR count). The molecule has 1 aromatic rings. The van der Waals surface area contributed by atoms with E-state index < -0.39 is 0 Å². The van der Waals surface area contributed by atoms with Crippen molar-refractivity contribution in [2.24, 2.45) is 4.99 Å². The molecule has 1 aromatic carbocycles. The Morgan fingerprint density at radius 3 is 2.73 bits per heavy atom. The molecule has 4 nitrogen and oxygen atoms in total. The summed E-state index contributed by atoms with van der Waals surface area (Å²) in [5.74, 6) is 0.714. The van der Waals surface area contributed by atoms with Crippen LogP contribution in [0, 0.1) is 0 Å². The maximum atomic E-state index is 8.54. The molecule has 0 bridgehead atoms. The molecule has 0 aliphatic carbocycles. The lowest BCUT2D eigenvalue weighted by Crippen LogP contribution is -2.06. The van der Waals surface area contributed by atoms with E-state index in [1.54, 1.807) is 0 Å². The summed E-state index contributed by atoms with van der Waals surface area (Å²) >= 11 is 0. The fraction of sp³-hybridized carbons (Fsp3) is 0.364. The van der Waals surface area contributed by atoms with Crippen LogP contribution in [0.1, 0.15) is 18.1 Å². The van der Waals surface area contributed by atoms with Crippen LogP contribution in [-0.2, 0) is 11.3 Å². The van der Waals surface area contributed by atoms with Crippen molar-refractivity contribution >= 4 is 5.90 Å². The van der Waals surface area contributed by atoms with E-state index in [9.17, 15) is 0 Å². The lowest BCUT2D eigenvalue weighted by molar-refractivity contribution is 0.161. The average Bonchev–Trinajstić information content (AvgIpc) is 2.67. The highest BCUT2D eigenvalue weighted by Gasteiger charge is 2.15. The van der Waals surface area contributed by atoms with Gasteiger partial charge in [0.15, 0.2) is 0 Å². The fourth-order valence-electron chi connectivity index (χ4n) is 1.49. The molecule has 0 spiro atoms. The summed E-state index contributed by atoms with van der Waals surface area (Å²) in [6, 6.07) is 8.02. The van der Waals surface area contributed by atoms with Gasteiger partial charge in [-0.05, 0) is 24.6 Å². The van der Waals surface area contributed by atoms with Crippen LogP contribution in [0.2, 0.25) is 0 Å². The number of hydroxylamine groups is 1. The molecule has 0 aromatic heterocycles. The molecule has 2 N–H and O–H groups in total. The van der Waals surface area contributed by atoms with E-state index in [4.69, 9.17) is 9.94 Å². The van der Waals surface area contributed by atoms with Crippen molar-refractivity contribution in [1.82, 2.24) is 5.48 Å². The standard InChI is InChI=1S/C11H14N2O2/c1-8-7-15-11(13-8)10-4-2-9(3-5-10)6-12-14/h2-5,8,12,14H,6-7H2,1H3. The van der Waals surface area contributed by atoms with Gasteiger partial charge in [-0.3, -0.25) is 0 Å². The molecule has 80 valence electrons. The van der Waals surface area contributed by atoms with Gasteiger partial charge in [-0.25, -0.2) is 10.5 Å². The van der Waals surface area contributed by atoms with Crippen molar-refractivity contribution < 1.29 is 9.94 Å². The molecular weight excluding hydrogens is 192 g/mol. The Hall–Kier alpha value is -1.39. The normalized spacial score (nSPS) is 19.9. The number of hydrogen-bond donors (Lipinski definition) is 2. The van der Waals surface area contributed by atoms with E-state index in [0.29, 0.717) is 19.0 Å². The molecule has 1 heterocycles. The molecular formula is C11H14N2O2. The van der Waals surface area contributed by atoms with Crippen LogP contribution in [0.5, 0.6) is 0 Å². The number of benzene rings is 1. The maximum absolute atomic E-state index is 8.54. The molecule has 1 aliphatic rings. The lowest BCUT2D eigenvalue weighted by Gasteiger charge is -2.03. The summed E-state index contributed by atoms with van der Waals surface area (Å²) in [6.45, 7) is 3.14. The zero-order chi connectivity index (χ0) is 10.7. The number of hydrogen-bond acceptors (Lipinski definition) is 4. The van der Waals surface area contributed by atoms with E-state index in [1.165, 1.54) is 0 Å². The second-order valence-corrected chi connectivity index (χ2v) is 3.63. The van der Waals surface area contributed by atoms with E-state index in [1.807, 2.05) is 31.2 Å². The Morgan fingerprint density at radius 1 is 1.47 bits per heavy atom. The predicted octanol–water partition coefficient (Wildman–Crippen LogP) is 1.33. The largest absolute Gasteiger partial charge is 0.475 e. The first-order valence-electron chi connectivity index (χ1n) is 4.96. The molecule has 0 fully saturated rings. The Labute approximate surface area is 88.6 Å². The van der Waals surface area contributed by atoms with Crippen LogP contribution < -0.4 is 5.48 Å². The SMILES string of the molecule is CC1COC(c2ccc(CNO)cc2)=N1. The highest BCUT2D eigenvalue weighted by molar-refractivity contribution is 5.95. The third-order valence-electron chi connectivity index (χ3n) is 2.28. The smallest absolute Gasteiger partial charge is 0.216 e. The molecule has 15 heavy (non-hydrogen) atoms. The van der Waals surface area contributed by atoms with E-state index in [-0.39, 0.29) is 6.04 Å². The van der Waals surface area contributed by atoms with Gasteiger partial charge in [-0.1, -0.05) is 12.1 Å². The first-order chi connectivity index (χ1) is 7.29. The monoisotopic (exact) mass is 206 g/mol. The molecule has 1 aliphatic heterocycles. The van der Waals surface area contributed by atoms with Crippen molar-refractivity contribution in [3.05, 3.63) is 35.4 Å². The second kappa shape index (κ2) is 4.42. The summed E-state index contributed by atoms with van der Waals surface area (Å²) in [4.78, 5) is 4.36. The number of nitrogens with zero attached hydrogens (tertiary/aromatic N) is 1. The summed E-state index contributed by atoms with van der Waals surface area (Å²) < 4.78 is 5.44.